The molecule has 0 unspecified atom stereocenters. The number of amides is 2. The topological polar surface area (TPSA) is 67.9 Å². The van der Waals surface area contributed by atoms with Crippen LogP contribution in [0.5, 0.6) is 5.75 Å². The monoisotopic (exact) mass is 362 g/mol. The fourth-order valence-electron chi connectivity index (χ4n) is 2.90. The number of benzene rings is 1. The predicted molar refractivity (Wildman–Crippen MR) is 100.0 cm³/mol. The van der Waals surface area contributed by atoms with Crippen LogP contribution in [0.1, 0.15) is 33.1 Å². The third kappa shape index (κ3) is 7.04. The number of morpholine rings is 1. The first-order chi connectivity index (χ1) is 12.6. The molecule has 6 nitrogen and oxygen atoms in total. The maximum atomic E-state index is 12.7. The van der Waals surface area contributed by atoms with Gasteiger partial charge >= 0.3 is 0 Å². The maximum absolute atomic E-state index is 12.7. The summed E-state index contributed by atoms with van der Waals surface area (Å²) in [6, 6.07) is 9.07. The molecule has 0 spiro atoms. The Kier molecular flexibility index (Phi) is 8.41. The van der Waals surface area contributed by atoms with Crippen molar-refractivity contribution in [3.05, 3.63) is 30.3 Å². The van der Waals surface area contributed by atoms with Gasteiger partial charge in [-0.3, -0.25) is 9.59 Å². The first-order valence-electron chi connectivity index (χ1n) is 9.40. The number of rotatable bonds is 9. The maximum Gasteiger partial charge on any atom is 0.245 e. The second-order valence-electron chi connectivity index (χ2n) is 6.95. The van der Waals surface area contributed by atoms with Crippen LogP contribution in [0.25, 0.3) is 0 Å². The lowest BCUT2D eigenvalue weighted by Crippen LogP contribution is -2.52. The molecule has 0 aliphatic carbocycles. The van der Waals surface area contributed by atoms with Crippen molar-refractivity contribution in [3.8, 4) is 5.75 Å². The lowest BCUT2D eigenvalue weighted by Gasteiger charge is -2.31. The van der Waals surface area contributed by atoms with E-state index >= 15 is 0 Å². The van der Waals surface area contributed by atoms with Crippen LogP contribution < -0.4 is 10.1 Å². The summed E-state index contributed by atoms with van der Waals surface area (Å²) >= 11 is 0. The van der Waals surface area contributed by atoms with Crippen LogP contribution in [0, 0.1) is 5.92 Å². The number of hydrogen-bond donors (Lipinski definition) is 1. The van der Waals surface area contributed by atoms with E-state index < -0.39 is 6.04 Å². The number of nitrogens with zero attached hydrogens (tertiary/aromatic N) is 1. The summed E-state index contributed by atoms with van der Waals surface area (Å²) in [5.41, 5.74) is 0. The van der Waals surface area contributed by atoms with Gasteiger partial charge in [-0.05, 0) is 30.9 Å². The van der Waals surface area contributed by atoms with Gasteiger partial charge < -0.3 is 19.7 Å². The summed E-state index contributed by atoms with van der Waals surface area (Å²) < 4.78 is 10.9. The molecular weight excluding hydrogens is 332 g/mol. The van der Waals surface area contributed by atoms with Gasteiger partial charge in [0.2, 0.25) is 11.8 Å². The first-order valence-corrected chi connectivity index (χ1v) is 9.40. The highest BCUT2D eigenvalue weighted by Crippen LogP contribution is 2.11. The van der Waals surface area contributed by atoms with E-state index in [-0.39, 0.29) is 11.8 Å². The van der Waals surface area contributed by atoms with E-state index in [9.17, 15) is 9.59 Å². The Bertz CT molecular complexity index is 556. The van der Waals surface area contributed by atoms with Gasteiger partial charge in [-0.2, -0.15) is 0 Å². The molecule has 0 saturated carbocycles. The summed E-state index contributed by atoms with van der Waals surface area (Å²) in [5.74, 6) is 1.02. The molecule has 1 saturated heterocycles. The lowest BCUT2D eigenvalue weighted by atomic mass is 10.0. The zero-order valence-electron chi connectivity index (χ0n) is 15.8. The normalized spacial score (nSPS) is 15.6. The highest BCUT2D eigenvalue weighted by atomic mass is 16.5. The van der Waals surface area contributed by atoms with Crippen LogP contribution in [0.15, 0.2) is 30.3 Å². The highest BCUT2D eigenvalue weighted by molar-refractivity contribution is 5.87. The van der Waals surface area contributed by atoms with E-state index in [4.69, 9.17) is 9.47 Å². The second kappa shape index (κ2) is 10.8. The third-order valence-electron chi connectivity index (χ3n) is 4.22. The quantitative estimate of drug-likeness (QED) is 0.684. The van der Waals surface area contributed by atoms with Crippen LogP contribution in [-0.2, 0) is 14.3 Å². The zero-order chi connectivity index (χ0) is 18.8. The van der Waals surface area contributed by atoms with Crippen LogP contribution in [-0.4, -0.2) is 55.7 Å². The van der Waals surface area contributed by atoms with Gasteiger partial charge in [-0.25, -0.2) is 0 Å². The molecule has 1 aliphatic heterocycles. The molecule has 1 fully saturated rings. The summed E-state index contributed by atoms with van der Waals surface area (Å²) in [6.07, 6.45) is 1.60. The van der Waals surface area contributed by atoms with Crippen LogP contribution in [0.2, 0.25) is 0 Å². The van der Waals surface area contributed by atoms with Crippen molar-refractivity contribution >= 4 is 11.8 Å². The van der Waals surface area contributed by atoms with Crippen molar-refractivity contribution in [2.24, 2.45) is 5.92 Å². The number of carbonyl (C=O) groups excluding carboxylic acids is 2. The second-order valence-corrected chi connectivity index (χ2v) is 6.95. The molecule has 1 aromatic carbocycles. The summed E-state index contributed by atoms with van der Waals surface area (Å²) in [7, 11) is 0. The van der Waals surface area contributed by atoms with E-state index in [1.165, 1.54) is 0 Å². The van der Waals surface area contributed by atoms with E-state index in [1.807, 2.05) is 30.3 Å². The van der Waals surface area contributed by atoms with E-state index in [0.29, 0.717) is 58.1 Å². The molecule has 1 aliphatic rings. The number of hydrogen-bond acceptors (Lipinski definition) is 4. The molecule has 144 valence electrons. The largest absolute Gasteiger partial charge is 0.494 e. The summed E-state index contributed by atoms with van der Waals surface area (Å²) in [4.78, 5) is 26.8. The number of nitrogens with one attached hydrogen (secondary N) is 1. The van der Waals surface area contributed by atoms with Gasteiger partial charge in [0, 0.05) is 19.5 Å². The Morgan fingerprint density at radius 2 is 1.88 bits per heavy atom. The Balaban J connectivity index is 1.76. The van der Waals surface area contributed by atoms with Crippen LogP contribution in [0.3, 0.4) is 0 Å². The van der Waals surface area contributed by atoms with E-state index in [2.05, 4.69) is 19.2 Å². The minimum Gasteiger partial charge on any atom is -0.494 e. The fourth-order valence-corrected chi connectivity index (χ4v) is 2.90. The van der Waals surface area contributed by atoms with Crippen molar-refractivity contribution in [3.63, 3.8) is 0 Å². The molecule has 6 heteroatoms. The summed E-state index contributed by atoms with van der Waals surface area (Å²) in [5, 5.41) is 2.92. The van der Waals surface area contributed by atoms with Crippen molar-refractivity contribution in [2.75, 3.05) is 32.9 Å². The van der Waals surface area contributed by atoms with Crippen molar-refractivity contribution in [2.45, 2.75) is 39.2 Å². The third-order valence-corrected chi connectivity index (χ3v) is 4.22. The Morgan fingerprint density at radius 1 is 1.19 bits per heavy atom. The minimum absolute atomic E-state index is 0.00381. The standard InChI is InChI=1S/C20H30N2O4/c1-16(2)15-18(20(24)22-10-13-25-14-11-22)21-19(23)9-6-12-26-17-7-4-3-5-8-17/h3-5,7-8,16,18H,6,9-15H2,1-2H3,(H,21,23)/t18-/m0/s1. The first kappa shape index (κ1) is 20.2. The van der Waals surface area contributed by atoms with E-state index in [1.54, 1.807) is 4.90 Å². The molecule has 0 radical (unpaired) electrons. The van der Waals surface area contributed by atoms with Gasteiger partial charge in [0.1, 0.15) is 11.8 Å². The molecule has 1 atom stereocenters. The zero-order valence-corrected chi connectivity index (χ0v) is 15.8. The lowest BCUT2D eigenvalue weighted by molar-refractivity contribution is -0.140. The molecule has 1 N–H and O–H groups in total. The Labute approximate surface area is 155 Å². The van der Waals surface area contributed by atoms with Gasteiger partial charge in [-0.1, -0.05) is 32.0 Å². The minimum atomic E-state index is -0.462. The molecule has 0 bridgehead atoms. The smallest absolute Gasteiger partial charge is 0.245 e. The number of carbonyl (C=O) groups is 2. The van der Waals surface area contributed by atoms with Crippen molar-refractivity contribution in [1.82, 2.24) is 10.2 Å². The van der Waals surface area contributed by atoms with Gasteiger partial charge in [0.15, 0.2) is 0 Å². The predicted octanol–water partition coefficient (Wildman–Crippen LogP) is 2.24. The van der Waals surface area contributed by atoms with Gasteiger partial charge in [0.25, 0.3) is 0 Å². The van der Waals surface area contributed by atoms with Crippen molar-refractivity contribution < 1.29 is 19.1 Å². The molecule has 0 aromatic heterocycles. The fraction of sp³-hybridized carbons (Fsp3) is 0.600. The molecule has 2 rings (SSSR count). The average Bonchev–Trinajstić information content (AvgIpc) is 2.65. The van der Waals surface area contributed by atoms with Gasteiger partial charge in [-0.15, -0.1) is 0 Å². The van der Waals surface area contributed by atoms with E-state index in [0.717, 1.165) is 5.75 Å². The summed E-state index contributed by atoms with van der Waals surface area (Å²) in [6.45, 7) is 6.89. The number of para-hydroxylation sites is 1. The van der Waals surface area contributed by atoms with Gasteiger partial charge in [0.05, 0.1) is 19.8 Å². The molecule has 1 aromatic rings. The van der Waals surface area contributed by atoms with Crippen molar-refractivity contribution in [1.29, 1.82) is 0 Å². The van der Waals surface area contributed by atoms with Crippen LogP contribution in [0.4, 0.5) is 0 Å². The SMILES string of the molecule is CC(C)C[C@H](NC(=O)CCCOc1ccccc1)C(=O)N1CCOCC1. The molecular formula is C20H30N2O4. The highest BCUT2D eigenvalue weighted by Gasteiger charge is 2.27. The Morgan fingerprint density at radius 3 is 2.54 bits per heavy atom. The average molecular weight is 362 g/mol. The molecule has 2 amide bonds. The molecule has 1 heterocycles. The van der Waals surface area contributed by atoms with Crippen LogP contribution >= 0.6 is 0 Å². The molecule has 26 heavy (non-hydrogen) atoms. The number of ether oxygens (including phenoxy) is 2. The Hall–Kier alpha value is -2.08.